The van der Waals surface area contributed by atoms with Gasteiger partial charge in [0.1, 0.15) is 17.5 Å². The van der Waals surface area contributed by atoms with Gasteiger partial charge < -0.3 is 19.1 Å². The number of carbonyl (C=O) groups is 4. The SMILES string of the molecule is C=CC(C)CCC[C@@H](C)[C@H](CC(=O)OC(C)(C)C)C(=O)N1C[C@H](Oc2ncc(OC)c3ccccc23)CC1C(=O)C[C@]1(C(=O)NS(=O)(=O)C2CC2)C[C@H]1C=C. The highest BCUT2D eigenvalue weighted by atomic mass is 32.2. The summed E-state index contributed by atoms with van der Waals surface area (Å²) in [6.07, 6.45) is 7.56. The number of pyridine rings is 1. The minimum atomic E-state index is -3.86. The Morgan fingerprint density at radius 3 is 2.38 bits per heavy atom. The van der Waals surface area contributed by atoms with Crippen LogP contribution >= 0.6 is 0 Å². The quantitative estimate of drug-likeness (QED) is 0.126. The van der Waals surface area contributed by atoms with Crippen LogP contribution < -0.4 is 14.2 Å². The van der Waals surface area contributed by atoms with Crippen molar-refractivity contribution >= 4 is 44.4 Å². The molecule has 1 saturated heterocycles. The van der Waals surface area contributed by atoms with Gasteiger partial charge in [-0.2, -0.15) is 0 Å². The van der Waals surface area contributed by atoms with Crippen LogP contribution in [0.3, 0.4) is 0 Å². The summed E-state index contributed by atoms with van der Waals surface area (Å²) in [6, 6.07) is 6.46. The van der Waals surface area contributed by atoms with Gasteiger partial charge >= 0.3 is 5.97 Å². The number of ether oxygens (including phenoxy) is 3. The van der Waals surface area contributed by atoms with Crippen molar-refractivity contribution in [1.29, 1.82) is 0 Å². The Morgan fingerprint density at radius 1 is 1.09 bits per heavy atom. The normalized spacial score (nSPS) is 24.0. The number of likely N-dealkylation sites (tertiary alicyclic amines) is 1. The lowest BCUT2D eigenvalue weighted by Crippen LogP contribution is -2.47. The van der Waals surface area contributed by atoms with Gasteiger partial charge in [-0.25, -0.2) is 13.4 Å². The summed E-state index contributed by atoms with van der Waals surface area (Å²) in [7, 11) is -2.31. The van der Waals surface area contributed by atoms with E-state index in [1.807, 2.05) is 37.3 Å². The number of nitrogens with zero attached hydrogens (tertiary/aromatic N) is 2. The monoisotopic (exact) mass is 779 g/mol. The van der Waals surface area contributed by atoms with Crippen LogP contribution in [0.25, 0.3) is 10.8 Å². The van der Waals surface area contributed by atoms with Crippen LogP contribution in [0.4, 0.5) is 0 Å². The number of amides is 2. The number of fused-ring (bicyclic) bond motifs is 1. The zero-order valence-corrected chi connectivity index (χ0v) is 33.9. The van der Waals surface area contributed by atoms with E-state index in [1.54, 1.807) is 40.2 Å². The summed E-state index contributed by atoms with van der Waals surface area (Å²) in [4.78, 5) is 62.3. The molecule has 3 aliphatic rings. The average molecular weight is 780 g/mol. The van der Waals surface area contributed by atoms with E-state index >= 15 is 0 Å². The average Bonchev–Trinajstić information content (AvgIpc) is 4.06. The summed E-state index contributed by atoms with van der Waals surface area (Å²) < 4.78 is 45.5. The minimum Gasteiger partial charge on any atom is -0.494 e. The van der Waals surface area contributed by atoms with E-state index in [0.29, 0.717) is 42.2 Å². The molecule has 300 valence electrons. The molecule has 2 aromatic rings. The summed E-state index contributed by atoms with van der Waals surface area (Å²) in [6.45, 7) is 17.1. The van der Waals surface area contributed by atoms with Gasteiger partial charge in [-0.3, -0.25) is 23.9 Å². The van der Waals surface area contributed by atoms with Crippen molar-refractivity contribution in [3.8, 4) is 11.6 Å². The predicted octanol–water partition coefficient (Wildman–Crippen LogP) is 6.33. The fourth-order valence-electron chi connectivity index (χ4n) is 7.68. The van der Waals surface area contributed by atoms with Crippen LogP contribution in [0.5, 0.6) is 11.6 Å². The highest BCUT2D eigenvalue weighted by molar-refractivity contribution is 7.90. The molecule has 0 bridgehead atoms. The van der Waals surface area contributed by atoms with Gasteiger partial charge in [0.25, 0.3) is 0 Å². The van der Waals surface area contributed by atoms with Gasteiger partial charge in [-0.15, -0.1) is 13.2 Å². The molecule has 2 heterocycles. The second-order valence-corrected chi connectivity index (χ2v) is 18.7. The number of Topliss-reactive ketones (excluding diaryl/α,β-unsaturated/α-hetero) is 1. The first-order chi connectivity index (χ1) is 25.9. The smallest absolute Gasteiger partial charge is 0.307 e. The molecule has 13 heteroatoms. The van der Waals surface area contributed by atoms with Crippen LogP contribution in [0.15, 0.2) is 55.8 Å². The van der Waals surface area contributed by atoms with Crippen molar-refractivity contribution < 1.29 is 41.8 Å². The molecule has 2 aliphatic carbocycles. The van der Waals surface area contributed by atoms with E-state index in [-0.39, 0.29) is 44.1 Å². The van der Waals surface area contributed by atoms with Gasteiger partial charge in [-0.1, -0.05) is 50.6 Å². The largest absolute Gasteiger partial charge is 0.494 e. The lowest BCUT2D eigenvalue weighted by atomic mass is 9.84. The van der Waals surface area contributed by atoms with Crippen molar-refractivity contribution in [3.05, 3.63) is 55.8 Å². The number of aromatic nitrogens is 1. The summed E-state index contributed by atoms with van der Waals surface area (Å²) in [5.41, 5.74) is -2.06. The number of carbonyl (C=O) groups excluding carboxylic acids is 4. The zero-order chi connectivity index (χ0) is 40.3. The molecule has 7 atom stereocenters. The lowest BCUT2D eigenvalue weighted by molar-refractivity contribution is -0.159. The fraction of sp³-hybridized carbons (Fsp3) is 0.595. The van der Waals surface area contributed by atoms with Crippen LogP contribution in [-0.2, 0) is 33.9 Å². The predicted molar refractivity (Wildman–Crippen MR) is 210 cm³/mol. The number of esters is 1. The number of methoxy groups -OCH3 is 1. The molecule has 55 heavy (non-hydrogen) atoms. The van der Waals surface area contributed by atoms with Crippen LogP contribution in [0, 0.1) is 29.1 Å². The van der Waals surface area contributed by atoms with Gasteiger partial charge in [0.2, 0.25) is 27.7 Å². The molecule has 2 unspecified atom stereocenters. The van der Waals surface area contributed by atoms with Gasteiger partial charge in [0.15, 0.2) is 5.78 Å². The maximum Gasteiger partial charge on any atom is 0.307 e. The Bertz CT molecular complexity index is 1900. The fourth-order valence-corrected chi connectivity index (χ4v) is 9.07. The lowest BCUT2D eigenvalue weighted by Gasteiger charge is -2.32. The number of sulfonamides is 1. The molecular formula is C42H57N3O9S. The first-order valence-corrected chi connectivity index (χ1v) is 20.9. The van der Waals surface area contributed by atoms with E-state index in [1.165, 1.54) is 4.90 Å². The highest BCUT2D eigenvalue weighted by Crippen LogP contribution is 2.57. The number of hydrogen-bond donors (Lipinski definition) is 1. The number of allylic oxidation sites excluding steroid dienone is 2. The van der Waals surface area contributed by atoms with Crippen LogP contribution in [-0.4, -0.2) is 78.5 Å². The van der Waals surface area contributed by atoms with Crippen LogP contribution in [0.1, 0.15) is 92.4 Å². The summed E-state index contributed by atoms with van der Waals surface area (Å²) in [5.74, 6) is -2.28. The summed E-state index contributed by atoms with van der Waals surface area (Å²) in [5, 5.41) is 0.861. The molecular weight excluding hydrogens is 723 g/mol. The Hall–Kier alpha value is -4.26. The Balaban J connectivity index is 1.46. The Kier molecular flexibility index (Phi) is 12.8. The minimum absolute atomic E-state index is 0.0302. The van der Waals surface area contributed by atoms with E-state index in [4.69, 9.17) is 14.2 Å². The van der Waals surface area contributed by atoms with Crippen molar-refractivity contribution in [2.75, 3.05) is 13.7 Å². The highest BCUT2D eigenvalue weighted by Gasteiger charge is 2.61. The van der Waals surface area contributed by atoms with Crippen molar-refractivity contribution in [2.45, 2.75) is 115 Å². The number of benzene rings is 1. The second-order valence-electron chi connectivity index (χ2n) is 16.7. The van der Waals surface area contributed by atoms with Gasteiger partial charge in [0.05, 0.1) is 48.9 Å². The molecule has 1 aromatic carbocycles. The Morgan fingerprint density at radius 2 is 1.78 bits per heavy atom. The zero-order valence-electron chi connectivity index (χ0n) is 33.0. The topological polar surface area (TPSA) is 158 Å². The van der Waals surface area contributed by atoms with E-state index in [2.05, 4.69) is 29.8 Å². The van der Waals surface area contributed by atoms with Crippen molar-refractivity contribution in [3.63, 3.8) is 0 Å². The van der Waals surface area contributed by atoms with E-state index in [9.17, 15) is 27.6 Å². The standard InChI is InChI=1S/C42H57N3O9S/c1-9-26(3)14-13-15-27(4)33(21-37(47)54-41(5,6)7)39(48)45-25-29(53-38-32-17-12-11-16-31(32)36(52-8)24-43-38)20-34(45)35(46)23-42(22-28(42)10-2)40(49)44-55(50,51)30-18-19-30/h9-12,16-17,24,26-30,33-34H,1-2,13-15,18-23,25H2,3-8H3,(H,44,49)/t26?,27-,28-,29-,33+,34?,42-/m1/s1. The molecule has 12 nitrogen and oxygen atoms in total. The molecule has 1 aromatic heterocycles. The van der Waals surface area contributed by atoms with E-state index in [0.717, 1.165) is 18.2 Å². The Labute approximate surface area is 325 Å². The second kappa shape index (κ2) is 16.9. The first-order valence-electron chi connectivity index (χ1n) is 19.4. The molecule has 0 spiro atoms. The van der Waals surface area contributed by atoms with Crippen molar-refractivity contribution in [2.24, 2.45) is 29.1 Å². The number of rotatable bonds is 19. The maximum absolute atomic E-state index is 14.8. The van der Waals surface area contributed by atoms with E-state index < -0.39 is 67.9 Å². The molecule has 2 saturated carbocycles. The third-order valence-electron chi connectivity index (χ3n) is 11.2. The number of hydrogen-bond acceptors (Lipinski definition) is 10. The first kappa shape index (κ1) is 41.9. The van der Waals surface area contributed by atoms with Gasteiger partial charge in [-0.05, 0) is 76.7 Å². The number of ketones is 1. The number of nitrogens with one attached hydrogen (secondary N) is 1. The van der Waals surface area contributed by atoms with Gasteiger partial charge in [0, 0.05) is 23.6 Å². The van der Waals surface area contributed by atoms with Crippen LogP contribution in [0.2, 0.25) is 0 Å². The molecule has 5 rings (SSSR count). The third-order valence-corrected chi connectivity index (χ3v) is 13.0. The molecule has 0 radical (unpaired) electrons. The third kappa shape index (κ3) is 9.95. The van der Waals surface area contributed by atoms with Crippen molar-refractivity contribution in [1.82, 2.24) is 14.6 Å². The summed E-state index contributed by atoms with van der Waals surface area (Å²) >= 11 is 0. The molecule has 2 amide bonds. The molecule has 1 N–H and O–H groups in total. The maximum atomic E-state index is 14.8. The molecule has 1 aliphatic heterocycles. The molecule has 3 fully saturated rings.